The molecule has 7 nitrogen and oxygen atoms in total. The zero-order valence-electron chi connectivity index (χ0n) is 13.2. The number of alkyl halides is 3. The molecule has 12 heteroatoms. The maximum Gasteiger partial charge on any atom is 0.418 e. The third-order valence-corrected chi connectivity index (χ3v) is 3.85. The van der Waals surface area contributed by atoms with E-state index in [-0.39, 0.29) is 11.3 Å². The molecule has 1 aromatic carbocycles. The fraction of sp³-hybridized carbons (Fsp3) is 0.214. The first-order valence-corrected chi connectivity index (χ1v) is 8.62. The van der Waals surface area contributed by atoms with Gasteiger partial charge in [-0.25, -0.2) is 12.8 Å². The standard InChI is InChI=1S/C14H10F4N4O3S/c1-7-9(14(16,17)18)6-20-22(13(7)23)12-4-11(21-26(2,24)25)8(5-19)3-10(12)15/h3-4,6,21H,1-2H3. The molecular weight excluding hydrogens is 380 g/mol. The lowest BCUT2D eigenvalue weighted by Crippen LogP contribution is -2.28. The van der Waals surface area contributed by atoms with Gasteiger partial charge < -0.3 is 0 Å². The van der Waals surface area contributed by atoms with E-state index < -0.39 is 44.4 Å². The van der Waals surface area contributed by atoms with Crippen LogP contribution < -0.4 is 10.3 Å². The fourth-order valence-electron chi connectivity index (χ4n) is 2.10. The van der Waals surface area contributed by atoms with Crippen molar-refractivity contribution in [3.63, 3.8) is 0 Å². The van der Waals surface area contributed by atoms with Gasteiger partial charge in [0.1, 0.15) is 17.6 Å². The minimum atomic E-state index is -4.82. The van der Waals surface area contributed by atoms with Crippen molar-refractivity contribution >= 4 is 15.7 Å². The van der Waals surface area contributed by atoms with Gasteiger partial charge in [-0.2, -0.15) is 28.2 Å². The molecule has 0 bridgehead atoms. The molecular formula is C14H10F4N4O3S. The van der Waals surface area contributed by atoms with Crippen LogP contribution in [-0.4, -0.2) is 24.5 Å². The van der Waals surface area contributed by atoms with Gasteiger partial charge >= 0.3 is 6.18 Å². The molecule has 0 saturated heterocycles. The van der Waals surface area contributed by atoms with Crippen molar-refractivity contribution in [1.29, 1.82) is 5.26 Å². The number of hydrogen-bond donors (Lipinski definition) is 1. The minimum absolute atomic E-state index is 0.349. The summed E-state index contributed by atoms with van der Waals surface area (Å²) in [5.41, 5.74) is -4.58. The van der Waals surface area contributed by atoms with Gasteiger partial charge in [-0.15, -0.1) is 0 Å². The minimum Gasteiger partial charge on any atom is -0.282 e. The SMILES string of the molecule is Cc1c(C(F)(F)F)cnn(-c2cc(NS(C)(=O)=O)c(C#N)cc2F)c1=O. The molecule has 0 spiro atoms. The Labute approximate surface area is 144 Å². The number of anilines is 1. The zero-order valence-corrected chi connectivity index (χ0v) is 14.0. The van der Waals surface area contributed by atoms with Crippen LogP contribution in [0.4, 0.5) is 23.2 Å². The molecule has 0 unspecified atom stereocenters. The van der Waals surface area contributed by atoms with Crippen LogP contribution in [0.15, 0.2) is 23.1 Å². The average molecular weight is 390 g/mol. The number of nitriles is 1. The van der Waals surface area contributed by atoms with Crippen molar-refractivity contribution in [1.82, 2.24) is 9.78 Å². The van der Waals surface area contributed by atoms with Crippen LogP contribution in [0.1, 0.15) is 16.7 Å². The number of hydrogen-bond acceptors (Lipinski definition) is 5. The Balaban J connectivity index is 2.74. The topological polar surface area (TPSA) is 105 Å². The summed E-state index contributed by atoms with van der Waals surface area (Å²) in [6, 6.07) is 3.01. The summed E-state index contributed by atoms with van der Waals surface area (Å²) in [6.45, 7) is 0.903. The van der Waals surface area contributed by atoms with Crippen molar-refractivity contribution in [3.05, 3.63) is 51.2 Å². The van der Waals surface area contributed by atoms with Gasteiger partial charge in [0.05, 0.1) is 29.3 Å². The lowest BCUT2D eigenvalue weighted by atomic mass is 10.1. The largest absolute Gasteiger partial charge is 0.418 e. The lowest BCUT2D eigenvalue weighted by molar-refractivity contribution is -0.138. The van der Waals surface area contributed by atoms with E-state index in [2.05, 4.69) is 5.10 Å². The van der Waals surface area contributed by atoms with Crippen molar-refractivity contribution in [3.8, 4) is 11.8 Å². The second-order valence-corrected chi connectivity index (χ2v) is 6.98. The van der Waals surface area contributed by atoms with Gasteiger partial charge in [-0.3, -0.25) is 9.52 Å². The van der Waals surface area contributed by atoms with Gasteiger partial charge in [0.2, 0.25) is 10.0 Å². The third kappa shape index (κ3) is 3.83. The molecule has 1 N–H and O–H groups in total. The predicted octanol–water partition coefficient (Wildman–Crippen LogP) is 1.94. The summed E-state index contributed by atoms with van der Waals surface area (Å²) >= 11 is 0. The summed E-state index contributed by atoms with van der Waals surface area (Å²) in [5, 5.41) is 12.3. The molecule has 0 amide bonds. The Kier molecular flexibility index (Phi) is 4.78. The quantitative estimate of drug-likeness (QED) is 0.807. The highest BCUT2D eigenvalue weighted by atomic mass is 32.2. The van der Waals surface area contributed by atoms with Gasteiger partial charge in [0.15, 0.2) is 0 Å². The number of rotatable bonds is 3. The molecule has 0 aliphatic rings. The summed E-state index contributed by atoms with van der Waals surface area (Å²) < 4.78 is 77.7. The summed E-state index contributed by atoms with van der Waals surface area (Å²) in [7, 11) is -3.85. The van der Waals surface area contributed by atoms with Crippen LogP contribution in [0.3, 0.4) is 0 Å². The van der Waals surface area contributed by atoms with Crippen LogP contribution in [-0.2, 0) is 16.2 Å². The van der Waals surface area contributed by atoms with E-state index in [1.165, 1.54) is 0 Å². The van der Waals surface area contributed by atoms with E-state index in [0.29, 0.717) is 16.9 Å². The van der Waals surface area contributed by atoms with E-state index in [9.17, 15) is 30.8 Å². The number of nitrogens with one attached hydrogen (secondary N) is 1. The average Bonchev–Trinajstić information content (AvgIpc) is 2.49. The van der Waals surface area contributed by atoms with Crippen LogP contribution in [0, 0.1) is 24.1 Å². The molecule has 0 aliphatic heterocycles. The third-order valence-electron chi connectivity index (χ3n) is 3.26. The van der Waals surface area contributed by atoms with Crippen molar-refractivity contribution in [2.75, 3.05) is 11.0 Å². The van der Waals surface area contributed by atoms with E-state index in [4.69, 9.17) is 5.26 Å². The molecule has 0 saturated carbocycles. The molecule has 1 aromatic heterocycles. The summed E-state index contributed by atoms with van der Waals surface area (Å²) in [5.74, 6) is -1.14. The van der Waals surface area contributed by atoms with Crippen LogP contribution in [0.2, 0.25) is 0 Å². The number of aromatic nitrogens is 2. The van der Waals surface area contributed by atoms with Crippen LogP contribution in [0.25, 0.3) is 5.69 Å². The highest BCUT2D eigenvalue weighted by Gasteiger charge is 2.34. The van der Waals surface area contributed by atoms with E-state index in [0.717, 1.165) is 19.2 Å². The molecule has 1 heterocycles. The Morgan fingerprint density at radius 2 is 1.92 bits per heavy atom. The smallest absolute Gasteiger partial charge is 0.282 e. The van der Waals surface area contributed by atoms with Crippen molar-refractivity contribution in [2.45, 2.75) is 13.1 Å². The van der Waals surface area contributed by atoms with Gasteiger partial charge in [-0.05, 0) is 19.1 Å². The van der Waals surface area contributed by atoms with E-state index in [1.54, 1.807) is 6.07 Å². The number of benzene rings is 1. The first-order valence-electron chi connectivity index (χ1n) is 6.73. The molecule has 138 valence electrons. The van der Waals surface area contributed by atoms with Gasteiger partial charge in [-0.1, -0.05) is 0 Å². The lowest BCUT2D eigenvalue weighted by Gasteiger charge is -2.14. The molecule has 2 rings (SSSR count). The predicted molar refractivity (Wildman–Crippen MR) is 82.7 cm³/mol. The normalized spacial score (nSPS) is 11.9. The van der Waals surface area contributed by atoms with E-state index in [1.807, 2.05) is 4.72 Å². The number of halogens is 4. The molecule has 0 radical (unpaired) electrons. The molecule has 2 aromatic rings. The molecule has 0 aliphatic carbocycles. The van der Waals surface area contributed by atoms with Gasteiger partial charge in [0.25, 0.3) is 5.56 Å². The Hall–Kier alpha value is -2.94. The molecule has 0 atom stereocenters. The Morgan fingerprint density at radius 1 is 1.31 bits per heavy atom. The van der Waals surface area contributed by atoms with Crippen LogP contribution >= 0.6 is 0 Å². The maximum absolute atomic E-state index is 14.2. The van der Waals surface area contributed by atoms with Gasteiger partial charge in [0, 0.05) is 5.56 Å². The number of sulfonamides is 1. The van der Waals surface area contributed by atoms with E-state index >= 15 is 0 Å². The summed E-state index contributed by atoms with van der Waals surface area (Å²) in [6.07, 6.45) is -3.68. The zero-order chi connectivity index (χ0) is 19.9. The highest BCUT2D eigenvalue weighted by molar-refractivity contribution is 7.92. The van der Waals surface area contributed by atoms with Crippen LogP contribution in [0.5, 0.6) is 0 Å². The molecule has 0 fully saturated rings. The fourth-order valence-corrected chi connectivity index (χ4v) is 2.67. The van der Waals surface area contributed by atoms with Crippen molar-refractivity contribution in [2.24, 2.45) is 0 Å². The highest BCUT2D eigenvalue weighted by Crippen LogP contribution is 2.30. The maximum atomic E-state index is 14.2. The Bertz CT molecular complexity index is 1090. The van der Waals surface area contributed by atoms with Crippen molar-refractivity contribution < 1.29 is 26.0 Å². The monoisotopic (exact) mass is 390 g/mol. The molecule has 26 heavy (non-hydrogen) atoms. The second-order valence-electron chi connectivity index (χ2n) is 5.23. The summed E-state index contributed by atoms with van der Waals surface area (Å²) in [4.78, 5) is 12.2. The Morgan fingerprint density at radius 3 is 2.42 bits per heavy atom. The first-order chi connectivity index (χ1) is 11.8. The first kappa shape index (κ1) is 19.4. The number of nitrogens with zero attached hydrogens (tertiary/aromatic N) is 3. The second kappa shape index (κ2) is 6.41.